The number of piperidine rings is 1. The van der Waals surface area contributed by atoms with E-state index in [9.17, 15) is 9.59 Å². The van der Waals surface area contributed by atoms with Crippen molar-refractivity contribution in [2.45, 2.75) is 71.8 Å². The van der Waals surface area contributed by atoms with Gasteiger partial charge in [0.25, 0.3) is 5.91 Å². The second-order valence-electron chi connectivity index (χ2n) is 9.27. The Labute approximate surface area is 175 Å². The molecule has 1 aromatic rings. The molecule has 29 heavy (non-hydrogen) atoms. The van der Waals surface area contributed by atoms with Crippen molar-refractivity contribution in [3.63, 3.8) is 0 Å². The Bertz CT molecular complexity index is 708. The monoisotopic (exact) mass is 400 g/mol. The van der Waals surface area contributed by atoms with Crippen molar-refractivity contribution in [3.05, 3.63) is 29.8 Å². The number of hydrogen-bond donors (Lipinski definition) is 1. The molecule has 0 bridgehead atoms. The normalized spacial score (nSPS) is 22.8. The van der Waals surface area contributed by atoms with Gasteiger partial charge in [-0.3, -0.25) is 9.59 Å². The Balaban J connectivity index is 1.66. The summed E-state index contributed by atoms with van der Waals surface area (Å²) < 4.78 is 5.98. The van der Waals surface area contributed by atoms with E-state index in [1.54, 1.807) is 0 Å². The molecular weight excluding hydrogens is 364 g/mol. The Kier molecular flexibility index (Phi) is 7.20. The number of nitrogens with one attached hydrogen (secondary N) is 1. The van der Waals surface area contributed by atoms with E-state index in [1.165, 1.54) is 5.56 Å². The van der Waals surface area contributed by atoms with E-state index in [2.05, 4.69) is 25.2 Å². The van der Waals surface area contributed by atoms with E-state index in [1.807, 2.05) is 30.0 Å². The third kappa shape index (κ3) is 5.74. The summed E-state index contributed by atoms with van der Waals surface area (Å²) >= 11 is 0. The fraction of sp³-hybridized carbons (Fsp3) is 0.667. The van der Waals surface area contributed by atoms with Crippen LogP contribution in [0.3, 0.4) is 0 Å². The maximum Gasteiger partial charge on any atom is 0.260 e. The maximum absolute atomic E-state index is 12.7. The van der Waals surface area contributed by atoms with Crippen molar-refractivity contribution >= 4 is 11.8 Å². The van der Waals surface area contributed by atoms with Gasteiger partial charge in [0.2, 0.25) is 5.91 Å². The van der Waals surface area contributed by atoms with E-state index >= 15 is 0 Å². The van der Waals surface area contributed by atoms with Crippen molar-refractivity contribution in [2.75, 3.05) is 19.6 Å². The van der Waals surface area contributed by atoms with E-state index in [0.29, 0.717) is 18.9 Å². The van der Waals surface area contributed by atoms with Crippen LogP contribution < -0.4 is 10.1 Å². The number of carbonyl (C=O) groups is 2. The second-order valence-corrected chi connectivity index (χ2v) is 9.27. The number of ether oxygens (including phenoxy) is 1. The average Bonchev–Trinajstić information content (AvgIpc) is 2.70. The van der Waals surface area contributed by atoms with Crippen LogP contribution in [0.15, 0.2) is 24.3 Å². The molecule has 1 N–H and O–H groups in total. The van der Waals surface area contributed by atoms with Crippen molar-refractivity contribution in [1.29, 1.82) is 0 Å². The number of aryl methyl sites for hydroxylation is 1. The lowest BCUT2D eigenvalue weighted by atomic mass is 9.74. The summed E-state index contributed by atoms with van der Waals surface area (Å²) in [4.78, 5) is 27.1. The van der Waals surface area contributed by atoms with Gasteiger partial charge in [-0.25, -0.2) is 0 Å². The number of carbonyl (C=O) groups excluding carboxylic acids is 2. The largest absolute Gasteiger partial charge is 0.481 e. The first-order valence-electron chi connectivity index (χ1n) is 11.2. The molecule has 0 unspecified atom stereocenters. The molecule has 1 aromatic carbocycles. The van der Waals surface area contributed by atoms with Crippen molar-refractivity contribution in [3.8, 4) is 5.75 Å². The molecule has 1 spiro atoms. The minimum atomic E-state index is -0.514. The molecule has 2 aliphatic rings. The highest BCUT2D eigenvalue weighted by molar-refractivity contribution is 5.80. The molecule has 5 heteroatoms. The van der Waals surface area contributed by atoms with Gasteiger partial charge < -0.3 is 15.0 Å². The van der Waals surface area contributed by atoms with Crippen LogP contribution in [0.4, 0.5) is 0 Å². The first kappa shape index (κ1) is 21.7. The molecule has 0 radical (unpaired) electrons. The molecular formula is C24H36N2O3. The standard InChI is InChI=1S/C24H36N2O3/c1-18(2)16-22(27)26-14-12-24(13-15-26)11-7-6-9-20-8-4-5-10-21(20)29-19(3)23(28)25-17-24/h4-5,8,10,18-19H,6-7,9,11-17H2,1-3H3,(H,25,28)/t19-/m1/s1. The van der Waals surface area contributed by atoms with Crippen LogP contribution in [0, 0.1) is 11.3 Å². The van der Waals surface area contributed by atoms with Gasteiger partial charge in [-0.15, -0.1) is 0 Å². The highest BCUT2D eigenvalue weighted by atomic mass is 16.5. The summed E-state index contributed by atoms with van der Waals surface area (Å²) in [6.45, 7) is 8.28. The van der Waals surface area contributed by atoms with Gasteiger partial charge in [0, 0.05) is 26.1 Å². The predicted molar refractivity (Wildman–Crippen MR) is 115 cm³/mol. The zero-order valence-corrected chi connectivity index (χ0v) is 18.2. The van der Waals surface area contributed by atoms with Crippen LogP contribution >= 0.6 is 0 Å². The second kappa shape index (κ2) is 9.64. The number of benzene rings is 1. The molecule has 0 aromatic heterocycles. The average molecular weight is 401 g/mol. The fourth-order valence-electron chi connectivity index (χ4n) is 4.53. The summed E-state index contributed by atoms with van der Waals surface area (Å²) in [7, 11) is 0. The third-order valence-electron chi connectivity index (χ3n) is 6.45. The third-order valence-corrected chi connectivity index (χ3v) is 6.45. The maximum atomic E-state index is 12.7. The van der Waals surface area contributed by atoms with E-state index < -0.39 is 6.10 Å². The summed E-state index contributed by atoms with van der Waals surface area (Å²) in [5, 5.41) is 3.15. The van der Waals surface area contributed by atoms with Crippen molar-refractivity contribution in [1.82, 2.24) is 10.2 Å². The van der Waals surface area contributed by atoms with Gasteiger partial charge >= 0.3 is 0 Å². The SMILES string of the molecule is CC(C)CC(=O)N1CCC2(CCCCc3ccccc3O[C@H](C)C(=O)NC2)CC1. The highest BCUT2D eigenvalue weighted by Gasteiger charge is 2.36. The summed E-state index contributed by atoms with van der Waals surface area (Å²) in [6, 6.07) is 8.04. The molecule has 160 valence electrons. The quantitative estimate of drug-likeness (QED) is 0.818. The number of rotatable bonds is 2. The summed E-state index contributed by atoms with van der Waals surface area (Å²) in [5.41, 5.74) is 1.26. The summed E-state index contributed by atoms with van der Waals surface area (Å²) in [6.07, 6.45) is 6.33. The van der Waals surface area contributed by atoms with Crippen LogP contribution in [-0.4, -0.2) is 42.5 Å². The summed E-state index contributed by atoms with van der Waals surface area (Å²) in [5.74, 6) is 1.43. The Morgan fingerprint density at radius 3 is 2.66 bits per heavy atom. The lowest BCUT2D eigenvalue weighted by molar-refractivity contribution is -0.135. The van der Waals surface area contributed by atoms with Gasteiger partial charge in [-0.2, -0.15) is 0 Å². The smallest absolute Gasteiger partial charge is 0.260 e. The van der Waals surface area contributed by atoms with Crippen molar-refractivity contribution in [2.24, 2.45) is 11.3 Å². The molecule has 0 aliphatic carbocycles. The number of amides is 2. The van der Waals surface area contributed by atoms with Gasteiger partial charge in [0.1, 0.15) is 5.75 Å². The van der Waals surface area contributed by atoms with Crippen LogP contribution in [0.5, 0.6) is 5.75 Å². The molecule has 3 rings (SSSR count). The number of fused-ring (bicyclic) bond motifs is 1. The minimum absolute atomic E-state index is 0.0573. The van der Waals surface area contributed by atoms with E-state index in [4.69, 9.17) is 4.74 Å². The number of hydrogen-bond acceptors (Lipinski definition) is 3. The molecule has 0 saturated carbocycles. The Morgan fingerprint density at radius 1 is 1.21 bits per heavy atom. The molecule has 1 saturated heterocycles. The van der Waals surface area contributed by atoms with Gasteiger partial charge in [-0.05, 0) is 62.0 Å². The highest BCUT2D eigenvalue weighted by Crippen LogP contribution is 2.37. The molecule has 2 heterocycles. The van der Waals surface area contributed by atoms with E-state index in [-0.39, 0.29) is 17.2 Å². The van der Waals surface area contributed by atoms with Gasteiger partial charge in [0.05, 0.1) is 0 Å². The molecule has 1 fully saturated rings. The van der Waals surface area contributed by atoms with E-state index in [0.717, 1.165) is 57.4 Å². The minimum Gasteiger partial charge on any atom is -0.481 e. The molecule has 2 aliphatic heterocycles. The fourth-order valence-corrected chi connectivity index (χ4v) is 4.53. The lowest BCUT2D eigenvalue weighted by Gasteiger charge is -2.42. The Morgan fingerprint density at radius 2 is 1.93 bits per heavy atom. The van der Waals surface area contributed by atoms with Gasteiger partial charge in [-0.1, -0.05) is 38.5 Å². The number of likely N-dealkylation sites (tertiary alicyclic amines) is 1. The first-order chi connectivity index (χ1) is 13.9. The van der Waals surface area contributed by atoms with Crippen LogP contribution in [0.2, 0.25) is 0 Å². The number of nitrogens with zero attached hydrogens (tertiary/aromatic N) is 1. The lowest BCUT2D eigenvalue weighted by Crippen LogP contribution is -2.49. The first-order valence-corrected chi connectivity index (χ1v) is 11.2. The van der Waals surface area contributed by atoms with Crippen LogP contribution in [0.1, 0.15) is 64.9 Å². The van der Waals surface area contributed by atoms with Crippen molar-refractivity contribution < 1.29 is 14.3 Å². The van der Waals surface area contributed by atoms with Crippen LogP contribution in [-0.2, 0) is 16.0 Å². The van der Waals surface area contributed by atoms with Gasteiger partial charge in [0.15, 0.2) is 6.10 Å². The Hall–Kier alpha value is -2.04. The molecule has 5 nitrogen and oxygen atoms in total. The number of para-hydroxylation sites is 1. The zero-order valence-electron chi connectivity index (χ0n) is 18.2. The van der Waals surface area contributed by atoms with Crippen LogP contribution in [0.25, 0.3) is 0 Å². The molecule has 1 atom stereocenters. The predicted octanol–water partition coefficient (Wildman–Crippen LogP) is 3.95. The molecule has 2 amide bonds. The zero-order chi connectivity index (χ0) is 20.9. The topological polar surface area (TPSA) is 58.6 Å².